The summed E-state index contributed by atoms with van der Waals surface area (Å²) in [4.78, 5) is 26.5. The third kappa shape index (κ3) is 4.25. The van der Waals surface area contributed by atoms with E-state index in [1.165, 1.54) is 30.6 Å². The standard InChI is InChI=1S/C20H25N3O3S/c21-18(24)17-15-7-6-14(26-11-10-23-8-2-1-3-9-23)12-16(15)27-20(17)22-19(25)13-4-5-13/h6-7,12-13H,1-5,8-11H2,(H2,21,24)(H,22,25). The molecule has 1 aromatic carbocycles. The fraction of sp³-hybridized carbons (Fsp3) is 0.500. The van der Waals surface area contributed by atoms with Crippen LogP contribution in [0.5, 0.6) is 5.75 Å². The zero-order valence-electron chi connectivity index (χ0n) is 15.3. The van der Waals surface area contributed by atoms with Crippen LogP contribution in [0.4, 0.5) is 5.00 Å². The molecule has 6 nitrogen and oxygen atoms in total. The van der Waals surface area contributed by atoms with Crippen LogP contribution < -0.4 is 15.8 Å². The molecule has 7 heteroatoms. The first-order valence-electron chi connectivity index (χ1n) is 9.64. The monoisotopic (exact) mass is 387 g/mol. The largest absolute Gasteiger partial charge is 0.492 e. The molecule has 144 valence electrons. The number of benzene rings is 1. The average Bonchev–Trinajstić information content (AvgIpc) is 3.44. The maximum atomic E-state index is 12.1. The van der Waals surface area contributed by atoms with E-state index >= 15 is 0 Å². The van der Waals surface area contributed by atoms with Gasteiger partial charge < -0.3 is 15.8 Å². The molecule has 0 spiro atoms. The smallest absolute Gasteiger partial charge is 0.252 e. The van der Waals surface area contributed by atoms with Gasteiger partial charge in [0.2, 0.25) is 5.91 Å². The fourth-order valence-electron chi connectivity index (χ4n) is 3.53. The number of hydrogen-bond donors (Lipinski definition) is 2. The number of rotatable bonds is 7. The number of primary amides is 1. The van der Waals surface area contributed by atoms with E-state index in [1.54, 1.807) is 0 Å². The Morgan fingerprint density at radius 1 is 1.22 bits per heavy atom. The Bertz CT molecular complexity index is 854. The van der Waals surface area contributed by atoms with E-state index in [1.807, 2.05) is 18.2 Å². The van der Waals surface area contributed by atoms with E-state index in [9.17, 15) is 9.59 Å². The lowest BCUT2D eigenvalue weighted by atomic mass is 10.1. The number of carbonyl (C=O) groups excluding carboxylic acids is 2. The van der Waals surface area contributed by atoms with Crippen molar-refractivity contribution in [2.75, 3.05) is 31.6 Å². The molecule has 0 unspecified atom stereocenters. The Morgan fingerprint density at radius 3 is 2.70 bits per heavy atom. The number of fused-ring (bicyclic) bond motifs is 1. The van der Waals surface area contributed by atoms with Gasteiger partial charge in [-0.3, -0.25) is 14.5 Å². The molecule has 0 radical (unpaired) electrons. The molecule has 2 aromatic rings. The molecule has 1 saturated heterocycles. The highest BCUT2D eigenvalue weighted by Gasteiger charge is 2.31. The summed E-state index contributed by atoms with van der Waals surface area (Å²) < 4.78 is 6.81. The van der Waals surface area contributed by atoms with Gasteiger partial charge in [0.1, 0.15) is 17.4 Å². The first-order chi connectivity index (χ1) is 13.1. The van der Waals surface area contributed by atoms with E-state index in [0.29, 0.717) is 17.2 Å². The van der Waals surface area contributed by atoms with Crippen molar-refractivity contribution in [2.24, 2.45) is 11.7 Å². The second-order valence-electron chi connectivity index (χ2n) is 7.34. The van der Waals surface area contributed by atoms with E-state index < -0.39 is 5.91 Å². The Morgan fingerprint density at radius 2 is 2.00 bits per heavy atom. The molecule has 2 fully saturated rings. The molecule has 1 aromatic heterocycles. The molecule has 3 N–H and O–H groups in total. The van der Waals surface area contributed by atoms with Crippen LogP contribution in [0.25, 0.3) is 10.1 Å². The summed E-state index contributed by atoms with van der Waals surface area (Å²) in [7, 11) is 0. The van der Waals surface area contributed by atoms with Gasteiger partial charge in [0.05, 0.1) is 5.56 Å². The molecule has 4 rings (SSSR count). The van der Waals surface area contributed by atoms with Crippen LogP contribution in [-0.4, -0.2) is 43.0 Å². The van der Waals surface area contributed by atoms with Gasteiger partial charge in [0.15, 0.2) is 0 Å². The zero-order valence-corrected chi connectivity index (χ0v) is 16.1. The minimum atomic E-state index is -0.522. The van der Waals surface area contributed by atoms with Gasteiger partial charge in [-0.05, 0) is 57.0 Å². The second kappa shape index (κ2) is 7.86. The minimum absolute atomic E-state index is 0.0259. The molecule has 27 heavy (non-hydrogen) atoms. The number of ether oxygens (including phenoxy) is 1. The molecule has 0 atom stereocenters. The summed E-state index contributed by atoms with van der Waals surface area (Å²) in [5, 5.41) is 4.19. The Kier molecular flexibility index (Phi) is 5.31. The van der Waals surface area contributed by atoms with Crippen molar-refractivity contribution in [3.8, 4) is 5.75 Å². The zero-order chi connectivity index (χ0) is 18.8. The van der Waals surface area contributed by atoms with Crippen LogP contribution in [0.3, 0.4) is 0 Å². The van der Waals surface area contributed by atoms with Crippen molar-refractivity contribution in [3.05, 3.63) is 23.8 Å². The molecular formula is C20H25N3O3S. The van der Waals surface area contributed by atoms with E-state index in [2.05, 4.69) is 10.2 Å². The topological polar surface area (TPSA) is 84.7 Å². The predicted octanol–water partition coefficient (Wildman–Crippen LogP) is 3.21. The normalized spacial score (nSPS) is 17.8. The number of carbonyl (C=O) groups is 2. The van der Waals surface area contributed by atoms with E-state index in [0.717, 1.165) is 48.3 Å². The third-order valence-corrected chi connectivity index (χ3v) is 6.29. The number of nitrogens with zero attached hydrogens (tertiary/aromatic N) is 1. The highest BCUT2D eigenvalue weighted by molar-refractivity contribution is 7.23. The van der Waals surface area contributed by atoms with Crippen molar-refractivity contribution in [1.82, 2.24) is 4.90 Å². The number of thiophene rings is 1. The van der Waals surface area contributed by atoms with Crippen molar-refractivity contribution in [2.45, 2.75) is 32.1 Å². The van der Waals surface area contributed by atoms with Crippen molar-refractivity contribution < 1.29 is 14.3 Å². The predicted molar refractivity (Wildman–Crippen MR) is 107 cm³/mol. The summed E-state index contributed by atoms with van der Waals surface area (Å²) in [6.45, 7) is 3.88. The molecule has 2 heterocycles. The number of likely N-dealkylation sites (tertiary alicyclic amines) is 1. The lowest BCUT2D eigenvalue weighted by Crippen LogP contribution is -2.33. The third-order valence-electron chi connectivity index (χ3n) is 5.22. The maximum Gasteiger partial charge on any atom is 0.252 e. The summed E-state index contributed by atoms with van der Waals surface area (Å²) >= 11 is 1.38. The average molecular weight is 388 g/mol. The highest BCUT2D eigenvalue weighted by Crippen LogP contribution is 2.39. The van der Waals surface area contributed by atoms with Crippen LogP contribution in [0.15, 0.2) is 18.2 Å². The first kappa shape index (κ1) is 18.3. The number of nitrogens with two attached hydrogens (primary N) is 1. The molecule has 2 amide bonds. The first-order valence-corrected chi connectivity index (χ1v) is 10.5. The summed E-state index contributed by atoms with van der Waals surface area (Å²) in [5.74, 6) is 0.301. The number of piperidine rings is 1. The van der Waals surface area contributed by atoms with Gasteiger partial charge in [0, 0.05) is 22.5 Å². The van der Waals surface area contributed by atoms with E-state index in [4.69, 9.17) is 10.5 Å². The van der Waals surface area contributed by atoms with Crippen molar-refractivity contribution >= 4 is 38.2 Å². The van der Waals surface area contributed by atoms with Crippen LogP contribution in [0.2, 0.25) is 0 Å². The molecule has 1 aliphatic carbocycles. The number of hydrogen-bond acceptors (Lipinski definition) is 5. The fourth-order valence-corrected chi connectivity index (χ4v) is 4.67. The SMILES string of the molecule is NC(=O)c1c(NC(=O)C2CC2)sc2cc(OCCN3CCCCC3)ccc12. The van der Waals surface area contributed by atoms with Crippen LogP contribution >= 0.6 is 11.3 Å². The van der Waals surface area contributed by atoms with Crippen LogP contribution in [0.1, 0.15) is 42.5 Å². The Hall–Kier alpha value is -2.12. The number of amides is 2. The van der Waals surface area contributed by atoms with Gasteiger partial charge in [-0.1, -0.05) is 6.42 Å². The summed E-state index contributed by atoms with van der Waals surface area (Å²) in [5.41, 5.74) is 5.97. The molecule has 1 saturated carbocycles. The maximum absolute atomic E-state index is 12.1. The minimum Gasteiger partial charge on any atom is -0.492 e. The Labute approximate surface area is 162 Å². The second-order valence-corrected chi connectivity index (χ2v) is 8.39. The van der Waals surface area contributed by atoms with Gasteiger partial charge >= 0.3 is 0 Å². The van der Waals surface area contributed by atoms with Gasteiger partial charge in [0.25, 0.3) is 5.91 Å². The molecule has 1 aliphatic heterocycles. The van der Waals surface area contributed by atoms with Gasteiger partial charge in [-0.15, -0.1) is 11.3 Å². The quantitative estimate of drug-likeness (QED) is 0.764. The lowest BCUT2D eigenvalue weighted by Gasteiger charge is -2.26. The van der Waals surface area contributed by atoms with E-state index in [-0.39, 0.29) is 11.8 Å². The molecule has 0 bridgehead atoms. The lowest BCUT2D eigenvalue weighted by molar-refractivity contribution is -0.117. The van der Waals surface area contributed by atoms with Gasteiger partial charge in [-0.2, -0.15) is 0 Å². The molecular weight excluding hydrogens is 362 g/mol. The van der Waals surface area contributed by atoms with Crippen molar-refractivity contribution in [1.29, 1.82) is 0 Å². The van der Waals surface area contributed by atoms with Crippen molar-refractivity contribution in [3.63, 3.8) is 0 Å². The summed E-state index contributed by atoms with van der Waals surface area (Å²) in [6, 6.07) is 5.65. The Balaban J connectivity index is 1.47. The number of nitrogens with one attached hydrogen (secondary N) is 1. The van der Waals surface area contributed by atoms with Gasteiger partial charge in [-0.25, -0.2) is 0 Å². The highest BCUT2D eigenvalue weighted by atomic mass is 32.1. The summed E-state index contributed by atoms with van der Waals surface area (Å²) in [6.07, 6.45) is 5.70. The van der Waals surface area contributed by atoms with Crippen LogP contribution in [-0.2, 0) is 4.79 Å². The number of anilines is 1. The molecule has 2 aliphatic rings. The van der Waals surface area contributed by atoms with Crippen LogP contribution in [0, 0.1) is 5.92 Å².